The number of rotatable bonds is 5. The number of hydrogen-bond donors (Lipinski definition) is 1. The van der Waals surface area contributed by atoms with Crippen LogP contribution in [0.4, 0.5) is 5.69 Å². The molecule has 1 N–H and O–H groups in total. The van der Waals surface area contributed by atoms with Crippen molar-refractivity contribution in [1.82, 2.24) is 4.90 Å². The number of nitrogens with one attached hydrogen (secondary N) is 1. The number of anilines is 1. The SMILES string of the molecule is CCC(C)[C@@H](C(=O)Nc1ccc2c(c1)OCCO2)N1Cc2ccccc2C1=O. The molecule has 2 aliphatic rings. The van der Waals surface area contributed by atoms with Crippen LogP contribution in [0.15, 0.2) is 42.5 Å². The van der Waals surface area contributed by atoms with E-state index in [1.807, 2.05) is 38.1 Å². The fourth-order valence-electron chi connectivity index (χ4n) is 3.77. The molecule has 6 nitrogen and oxygen atoms in total. The van der Waals surface area contributed by atoms with Gasteiger partial charge in [0.15, 0.2) is 11.5 Å². The van der Waals surface area contributed by atoms with Gasteiger partial charge >= 0.3 is 0 Å². The molecule has 0 fully saturated rings. The molecule has 0 saturated carbocycles. The molecule has 0 bridgehead atoms. The number of benzene rings is 2. The van der Waals surface area contributed by atoms with E-state index in [9.17, 15) is 9.59 Å². The van der Waals surface area contributed by atoms with Crippen molar-refractivity contribution >= 4 is 17.5 Å². The number of carbonyl (C=O) groups excluding carboxylic acids is 2. The highest BCUT2D eigenvalue weighted by molar-refractivity contribution is 6.03. The summed E-state index contributed by atoms with van der Waals surface area (Å²) in [6, 6.07) is 12.3. The monoisotopic (exact) mass is 380 g/mol. The third-order valence-corrected chi connectivity index (χ3v) is 5.45. The standard InChI is InChI=1S/C22H24N2O4/c1-3-14(2)20(24-13-15-6-4-5-7-17(15)22(24)26)21(25)23-16-8-9-18-19(12-16)28-11-10-27-18/h4-9,12,14,20H,3,10-11,13H2,1-2H3,(H,23,25)/t14?,20-/m0/s1. The van der Waals surface area contributed by atoms with Gasteiger partial charge in [0, 0.05) is 23.9 Å². The number of amides is 2. The highest BCUT2D eigenvalue weighted by Crippen LogP contribution is 2.33. The summed E-state index contributed by atoms with van der Waals surface area (Å²) in [5, 5.41) is 2.96. The average Bonchev–Trinajstić information content (AvgIpc) is 3.04. The van der Waals surface area contributed by atoms with Crippen LogP contribution in [0.2, 0.25) is 0 Å². The zero-order chi connectivity index (χ0) is 19.7. The first-order valence-electron chi connectivity index (χ1n) is 9.68. The Balaban J connectivity index is 1.57. The van der Waals surface area contributed by atoms with Crippen molar-refractivity contribution in [3.8, 4) is 11.5 Å². The topological polar surface area (TPSA) is 67.9 Å². The molecule has 1 unspecified atom stereocenters. The maximum Gasteiger partial charge on any atom is 0.255 e. The molecule has 0 radical (unpaired) electrons. The second-order valence-corrected chi connectivity index (χ2v) is 7.27. The van der Waals surface area contributed by atoms with Crippen LogP contribution in [0.5, 0.6) is 11.5 Å². The first kappa shape index (κ1) is 18.3. The zero-order valence-corrected chi connectivity index (χ0v) is 16.1. The van der Waals surface area contributed by atoms with Gasteiger partial charge in [0.25, 0.3) is 5.91 Å². The minimum atomic E-state index is -0.543. The average molecular weight is 380 g/mol. The van der Waals surface area contributed by atoms with Gasteiger partial charge in [-0.2, -0.15) is 0 Å². The molecule has 4 rings (SSSR count). The Morgan fingerprint density at radius 2 is 1.89 bits per heavy atom. The summed E-state index contributed by atoms with van der Waals surface area (Å²) in [4.78, 5) is 27.8. The molecule has 0 saturated heterocycles. The second kappa shape index (κ2) is 7.54. The van der Waals surface area contributed by atoms with Crippen molar-refractivity contribution in [2.45, 2.75) is 32.9 Å². The summed E-state index contributed by atoms with van der Waals surface area (Å²) >= 11 is 0. The Hall–Kier alpha value is -3.02. The van der Waals surface area contributed by atoms with Crippen LogP contribution in [0, 0.1) is 5.92 Å². The molecule has 2 aromatic rings. The molecule has 6 heteroatoms. The van der Waals surface area contributed by atoms with E-state index in [1.165, 1.54) is 0 Å². The van der Waals surface area contributed by atoms with Crippen LogP contribution in [-0.2, 0) is 11.3 Å². The summed E-state index contributed by atoms with van der Waals surface area (Å²) in [6.45, 7) is 5.50. The van der Waals surface area contributed by atoms with Crippen LogP contribution >= 0.6 is 0 Å². The van der Waals surface area contributed by atoms with E-state index in [0.717, 1.165) is 12.0 Å². The van der Waals surface area contributed by atoms with Crippen LogP contribution in [0.3, 0.4) is 0 Å². The fraction of sp³-hybridized carbons (Fsp3) is 0.364. The van der Waals surface area contributed by atoms with E-state index >= 15 is 0 Å². The van der Waals surface area contributed by atoms with Crippen molar-refractivity contribution < 1.29 is 19.1 Å². The molecule has 0 aromatic heterocycles. The molecular formula is C22H24N2O4. The summed E-state index contributed by atoms with van der Waals surface area (Å²) in [7, 11) is 0. The third kappa shape index (κ3) is 3.30. The molecular weight excluding hydrogens is 356 g/mol. The summed E-state index contributed by atoms with van der Waals surface area (Å²) in [5.41, 5.74) is 2.28. The van der Waals surface area contributed by atoms with Gasteiger partial charge in [0.2, 0.25) is 5.91 Å². The van der Waals surface area contributed by atoms with Crippen LogP contribution < -0.4 is 14.8 Å². The first-order valence-corrected chi connectivity index (χ1v) is 9.68. The van der Waals surface area contributed by atoms with Crippen molar-refractivity contribution in [2.75, 3.05) is 18.5 Å². The molecule has 2 amide bonds. The second-order valence-electron chi connectivity index (χ2n) is 7.27. The number of fused-ring (bicyclic) bond motifs is 2. The lowest BCUT2D eigenvalue weighted by Crippen LogP contribution is -2.48. The lowest BCUT2D eigenvalue weighted by atomic mass is 9.96. The summed E-state index contributed by atoms with van der Waals surface area (Å²) in [5.74, 6) is 1.04. The highest BCUT2D eigenvalue weighted by Gasteiger charge is 2.38. The van der Waals surface area contributed by atoms with Gasteiger partial charge in [-0.3, -0.25) is 9.59 Å². The molecule has 28 heavy (non-hydrogen) atoms. The summed E-state index contributed by atoms with van der Waals surface area (Å²) < 4.78 is 11.1. The maximum atomic E-state index is 13.2. The van der Waals surface area contributed by atoms with Gasteiger partial charge in [-0.1, -0.05) is 38.5 Å². The first-order chi connectivity index (χ1) is 13.6. The number of ether oxygens (including phenoxy) is 2. The van der Waals surface area contributed by atoms with E-state index in [2.05, 4.69) is 5.32 Å². The van der Waals surface area contributed by atoms with E-state index in [0.29, 0.717) is 42.5 Å². The number of carbonyl (C=O) groups is 2. The molecule has 2 atom stereocenters. The van der Waals surface area contributed by atoms with Crippen molar-refractivity contribution in [2.24, 2.45) is 5.92 Å². The fourth-order valence-corrected chi connectivity index (χ4v) is 3.77. The van der Waals surface area contributed by atoms with Gasteiger partial charge in [-0.05, 0) is 29.7 Å². The van der Waals surface area contributed by atoms with Gasteiger partial charge in [-0.25, -0.2) is 0 Å². The normalized spacial score (nSPS) is 17.1. The van der Waals surface area contributed by atoms with Crippen molar-refractivity contribution in [3.05, 3.63) is 53.6 Å². The van der Waals surface area contributed by atoms with Gasteiger partial charge < -0.3 is 19.7 Å². The van der Waals surface area contributed by atoms with Crippen LogP contribution in [-0.4, -0.2) is 36.0 Å². The van der Waals surface area contributed by atoms with Gasteiger partial charge in [0.05, 0.1) is 0 Å². The van der Waals surface area contributed by atoms with E-state index in [4.69, 9.17) is 9.47 Å². The molecule has 2 aromatic carbocycles. The smallest absolute Gasteiger partial charge is 0.255 e. The molecule has 0 aliphatic carbocycles. The Labute approximate surface area is 164 Å². The minimum absolute atomic E-state index is 0.0236. The molecule has 146 valence electrons. The largest absolute Gasteiger partial charge is 0.486 e. The molecule has 2 heterocycles. The van der Waals surface area contributed by atoms with Crippen LogP contribution in [0.25, 0.3) is 0 Å². The number of hydrogen-bond acceptors (Lipinski definition) is 4. The number of nitrogens with zero attached hydrogens (tertiary/aromatic N) is 1. The van der Waals surface area contributed by atoms with Crippen molar-refractivity contribution in [3.63, 3.8) is 0 Å². The molecule has 2 aliphatic heterocycles. The minimum Gasteiger partial charge on any atom is -0.486 e. The predicted molar refractivity (Wildman–Crippen MR) is 106 cm³/mol. The maximum absolute atomic E-state index is 13.2. The molecule has 0 spiro atoms. The Kier molecular flexibility index (Phi) is 4.94. The van der Waals surface area contributed by atoms with Crippen LogP contribution in [0.1, 0.15) is 36.2 Å². The quantitative estimate of drug-likeness (QED) is 0.863. The Bertz CT molecular complexity index is 911. The van der Waals surface area contributed by atoms with E-state index < -0.39 is 6.04 Å². The lowest BCUT2D eigenvalue weighted by molar-refractivity contribution is -0.122. The van der Waals surface area contributed by atoms with Crippen molar-refractivity contribution in [1.29, 1.82) is 0 Å². The van der Waals surface area contributed by atoms with Gasteiger partial charge in [-0.15, -0.1) is 0 Å². The van der Waals surface area contributed by atoms with E-state index in [-0.39, 0.29) is 17.7 Å². The third-order valence-electron chi connectivity index (χ3n) is 5.45. The zero-order valence-electron chi connectivity index (χ0n) is 16.1. The summed E-state index contributed by atoms with van der Waals surface area (Å²) in [6.07, 6.45) is 0.791. The Morgan fingerprint density at radius 1 is 1.14 bits per heavy atom. The van der Waals surface area contributed by atoms with Gasteiger partial charge in [0.1, 0.15) is 19.3 Å². The predicted octanol–water partition coefficient (Wildman–Crippen LogP) is 3.47. The Morgan fingerprint density at radius 3 is 2.64 bits per heavy atom. The highest BCUT2D eigenvalue weighted by atomic mass is 16.6. The lowest BCUT2D eigenvalue weighted by Gasteiger charge is -2.31. The van der Waals surface area contributed by atoms with E-state index in [1.54, 1.807) is 23.1 Å².